The number of benzene rings is 2. The summed E-state index contributed by atoms with van der Waals surface area (Å²) in [5.74, 6) is 0.139. The Bertz CT molecular complexity index is 1130. The fourth-order valence-corrected chi connectivity index (χ4v) is 5.81. The summed E-state index contributed by atoms with van der Waals surface area (Å²) >= 11 is 1.43. The third-order valence-corrected chi connectivity index (χ3v) is 8.08. The van der Waals surface area contributed by atoms with E-state index in [-0.39, 0.29) is 17.9 Å². The van der Waals surface area contributed by atoms with Crippen LogP contribution in [-0.4, -0.2) is 102 Å². The van der Waals surface area contributed by atoms with Gasteiger partial charge in [-0.2, -0.15) is 0 Å². The van der Waals surface area contributed by atoms with Crippen LogP contribution >= 0.6 is 11.3 Å². The molecule has 194 valence electrons. The van der Waals surface area contributed by atoms with Gasteiger partial charge in [0, 0.05) is 64.8 Å². The van der Waals surface area contributed by atoms with Crippen LogP contribution in [0.2, 0.25) is 0 Å². The molecule has 0 radical (unpaired) electrons. The molecule has 8 nitrogen and oxygen atoms in total. The van der Waals surface area contributed by atoms with Gasteiger partial charge in [-0.25, -0.2) is 4.98 Å². The number of piperazine rings is 2. The summed E-state index contributed by atoms with van der Waals surface area (Å²) < 4.78 is 0. The van der Waals surface area contributed by atoms with Crippen LogP contribution in [0.25, 0.3) is 0 Å². The van der Waals surface area contributed by atoms with Gasteiger partial charge < -0.3 is 15.1 Å². The average Bonchev–Trinajstić information content (AvgIpc) is 3.44. The van der Waals surface area contributed by atoms with E-state index in [4.69, 9.17) is 0 Å². The Morgan fingerprint density at radius 3 is 1.95 bits per heavy atom. The van der Waals surface area contributed by atoms with Gasteiger partial charge in [-0.1, -0.05) is 60.7 Å². The molecule has 1 N–H and O–H groups in total. The van der Waals surface area contributed by atoms with Gasteiger partial charge in [0.2, 0.25) is 5.91 Å². The number of amides is 2. The van der Waals surface area contributed by atoms with Crippen molar-refractivity contribution in [3.05, 3.63) is 82.9 Å². The number of aromatic nitrogens is 1. The molecule has 1 aromatic heterocycles. The maximum Gasteiger partial charge on any atom is 0.273 e. The standard InChI is InChI=1S/C28H34N6O2S/c1-29-28-30-24(21-37-28)27(36)34-14-12-31(13-15-34)20-25(35)32-16-18-33(19-17-32)26(22-8-4-2-5-9-22)23-10-6-3-7-11-23/h2-11,21,26H,12-20H2,1H3,(H,29,30). The maximum absolute atomic E-state index is 13.1. The molecule has 5 rings (SSSR count). The molecule has 2 amide bonds. The summed E-state index contributed by atoms with van der Waals surface area (Å²) in [6, 6.07) is 21.4. The molecule has 2 saturated heterocycles. The zero-order valence-corrected chi connectivity index (χ0v) is 22.1. The monoisotopic (exact) mass is 518 g/mol. The Labute approximate surface area is 222 Å². The van der Waals surface area contributed by atoms with Crippen molar-refractivity contribution in [3.63, 3.8) is 0 Å². The molecule has 0 unspecified atom stereocenters. The Morgan fingerprint density at radius 1 is 0.838 bits per heavy atom. The van der Waals surface area contributed by atoms with Gasteiger partial charge >= 0.3 is 0 Å². The molecule has 2 aliphatic heterocycles. The summed E-state index contributed by atoms with van der Waals surface area (Å²) in [6.45, 7) is 6.16. The van der Waals surface area contributed by atoms with E-state index in [0.29, 0.717) is 38.4 Å². The van der Waals surface area contributed by atoms with Gasteiger partial charge in [-0.3, -0.25) is 19.4 Å². The minimum atomic E-state index is -0.0359. The normalized spacial score (nSPS) is 17.2. The SMILES string of the molecule is CNc1nc(C(=O)N2CCN(CC(=O)N3CCN(C(c4ccccc4)c4ccccc4)CC3)CC2)cs1. The molecule has 2 fully saturated rings. The lowest BCUT2D eigenvalue weighted by molar-refractivity contribution is -0.134. The van der Waals surface area contributed by atoms with E-state index in [1.807, 2.05) is 9.80 Å². The molecular weight excluding hydrogens is 484 g/mol. The third kappa shape index (κ3) is 6.01. The number of hydrogen-bond donors (Lipinski definition) is 1. The van der Waals surface area contributed by atoms with Crippen molar-refractivity contribution < 1.29 is 9.59 Å². The minimum absolute atomic E-state index is 0.0359. The van der Waals surface area contributed by atoms with Gasteiger partial charge in [-0.05, 0) is 11.1 Å². The molecule has 0 spiro atoms. The first-order valence-electron chi connectivity index (χ1n) is 12.9. The van der Waals surface area contributed by atoms with E-state index < -0.39 is 0 Å². The van der Waals surface area contributed by atoms with Crippen molar-refractivity contribution in [2.24, 2.45) is 0 Å². The quantitative estimate of drug-likeness (QED) is 0.519. The van der Waals surface area contributed by atoms with E-state index in [9.17, 15) is 9.59 Å². The van der Waals surface area contributed by atoms with Gasteiger partial charge in [0.15, 0.2) is 5.13 Å². The smallest absolute Gasteiger partial charge is 0.273 e. The van der Waals surface area contributed by atoms with Crippen molar-refractivity contribution in [2.45, 2.75) is 6.04 Å². The summed E-state index contributed by atoms with van der Waals surface area (Å²) in [5, 5.41) is 5.51. The number of thiazole rings is 1. The van der Waals surface area contributed by atoms with E-state index in [2.05, 4.69) is 80.8 Å². The summed E-state index contributed by atoms with van der Waals surface area (Å²) in [7, 11) is 1.80. The topological polar surface area (TPSA) is 72.0 Å². The first-order chi connectivity index (χ1) is 18.1. The highest BCUT2D eigenvalue weighted by Crippen LogP contribution is 2.29. The number of nitrogens with zero attached hydrogens (tertiary/aromatic N) is 5. The van der Waals surface area contributed by atoms with Crippen LogP contribution in [0.15, 0.2) is 66.0 Å². The van der Waals surface area contributed by atoms with Crippen LogP contribution in [0.3, 0.4) is 0 Å². The third-order valence-electron chi connectivity index (χ3n) is 7.22. The predicted molar refractivity (Wildman–Crippen MR) is 147 cm³/mol. The largest absolute Gasteiger partial charge is 0.365 e. The van der Waals surface area contributed by atoms with Gasteiger partial charge in [0.25, 0.3) is 5.91 Å². The highest BCUT2D eigenvalue weighted by Gasteiger charge is 2.30. The zero-order valence-electron chi connectivity index (χ0n) is 21.3. The lowest BCUT2D eigenvalue weighted by Gasteiger charge is -2.41. The van der Waals surface area contributed by atoms with E-state index in [0.717, 1.165) is 31.3 Å². The average molecular weight is 519 g/mol. The fraction of sp³-hybridized carbons (Fsp3) is 0.393. The van der Waals surface area contributed by atoms with Crippen molar-refractivity contribution in [3.8, 4) is 0 Å². The lowest BCUT2D eigenvalue weighted by atomic mass is 9.96. The molecular formula is C28H34N6O2S. The molecule has 9 heteroatoms. The van der Waals surface area contributed by atoms with Crippen LogP contribution < -0.4 is 5.32 Å². The highest BCUT2D eigenvalue weighted by atomic mass is 32.1. The fourth-order valence-electron chi connectivity index (χ4n) is 5.16. The van der Waals surface area contributed by atoms with Crippen molar-refractivity contribution in [1.29, 1.82) is 0 Å². The van der Waals surface area contributed by atoms with E-state index in [1.54, 1.807) is 12.4 Å². The molecule has 2 aliphatic rings. The number of rotatable bonds is 7. The zero-order chi connectivity index (χ0) is 25.6. The molecule has 3 heterocycles. The Morgan fingerprint density at radius 2 is 1.41 bits per heavy atom. The highest BCUT2D eigenvalue weighted by molar-refractivity contribution is 7.13. The molecule has 0 atom stereocenters. The number of hydrogen-bond acceptors (Lipinski definition) is 7. The molecule has 37 heavy (non-hydrogen) atoms. The van der Waals surface area contributed by atoms with E-state index >= 15 is 0 Å². The number of nitrogens with one attached hydrogen (secondary N) is 1. The van der Waals surface area contributed by atoms with Crippen LogP contribution in [-0.2, 0) is 4.79 Å². The first-order valence-corrected chi connectivity index (χ1v) is 13.8. The lowest BCUT2D eigenvalue weighted by Crippen LogP contribution is -2.54. The maximum atomic E-state index is 13.1. The van der Waals surface area contributed by atoms with Crippen LogP contribution in [0.5, 0.6) is 0 Å². The molecule has 3 aromatic rings. The summed E-state index contributed by atoms with van der Waals surface area (Å²) in [5.41, 5.74) is 3.04. The molecule has 0 saturated carbocycles. The van der Waals surface area contributed by atoms with Crippen molar-refractivity contribution in [1.82, 2.24) is 24.6 Å². The van der Waals surface area contributed by atoms with Gasteiger partial charge in [0.1, 0.15) is 5.69 Å². The number of carbonyl (C=O) groups is 2. The van der Waals surface area contributed by atoms with Crippen LogP contribution in [0.4, 0.5) is 5.13 Å². The molecule has 2 aromatic carbocycles. The second-order valence-corrected chi connectivity index (χ2v) is 10.4. The molecule has 0 aliphatic carbocycles. The summed E-state index contributed by atoms with van der Waals surface area (Å²) in [6.07, 6.45) is 0. The van der Waals surface area contributed by atoms with Crippen molar-refractivity contribution >= 4 is 28.3 Å². The van der Waals surface area contributed by atoms with Crippen molar-refractivity contribution in [2.75, 3.05) is 71.3 Å². The first kappa shape index (κ1) is 25.4. The summed E-state index contributed by atoms with van der Waals surface area (Å²) in [4.78, 5) is 38.7. The second-order valence-electron chi connectivity index (χ2n) is 9.50. The van der Waals surface area contributed by atoms with Crippen LogP contribution in [0, 0.1) is 0 Å². The number of anilines is 1. The predicted octanol–water partition coefficient (Wildman–Crippen LogP) is 2.88. The van der Waals surface area contributed by atoms with E-state index in [1.165, 1.54) is 22.5 Å². The van der Waals surface area contributed by atoms with Gasteiger partial charge in [0.05, 0.1) is 12.6 Å². The second kappa shape index (κ2) is 11.9. The Balaban J connectivity index is 1.12. The molecule has 0 bridgehead atoms. The Hall–Kier alpha value is -3.27. The Kier molecular flexibility index (Phi) is 8.13. The van der Waals surface area contributed by atoms with Gasteiger partial charge in [-0.15, -0.1) is 11.3 Å². The van der Waals surface area contributed by atoms with Crippen LogP contribution in [0.1, 0.15) is 27.7 Å². The minimum Gasteiger partial charge on any atom is -0.365 e. The number of carbonyl (C=O) groups excluding carboxylic acids is 2.